The first kappa shape index (κ1) is 25.9. The van der Waals surface area contributed by atoms with Crippen LogP contribution in [0.25, 0.3) is 0 Å². The second-order valence-corrected chi connectivity index (χ2v) is 10.6. The molecule has 0 amide bonds. The average Bonchev–Trinajstić information content (AvgIpc) is 2.35. The van der Waals surface area contributed by atoms with Gasteiger partial charge in [-0.1, -0.05) is 51.9 Å². The quantitative estimate of drug-likeness (QED) is 0.260. The molecule has 0 N–H and O–H groups in total. The number of ether oxygens (including phenoxy) is 3. The number of unbranched alkanes of at least 4 members (excludes halogenated alkanes) is 7. The second kappa shape index (κ2) is 11.0. The first-order chi connectivity index (χ1) is 11.7. The van der Waals surface area contributed by atoms with Gasteiger partial charge in [0.05, 0.1) is 16.8 Å². The molecule has 0 spiro atoms. The van der Waals surface area contributed by atoms with Gasteiger partial charge in [0.2, 0.25) is 0 Å². The van der Waals surface area contributed by atoms with E-state index in [1.165, 1.54) is 44.9 Å². The van der Waals surface area contributed by atoms with Gasteiger partial charge in [0.1, 0.15) is 0 Å². The van der Waals surface area contributed by atoms with Crippen molar-refractivity contribution in [2.24, 2.45) is 0 Å². The van der Waals surface area contributed by atoms with Crippen LogP contribution in [0.15, 0.2) is 0 Å². The van der Waals surface area contributed by atoms with E-state index in [4.69, 9.17) is 14.2 Å². The number of hydrogen-bond acceptors (Lipinski definition) is 3. The molecule has 3 nitrogen and oxygen atoms in total. The minimum absolute atomic E-state index is 0.337. The Balaban J connectivity index is 4.88. The van der Waals surface area contributed by atoms with E-state index in [1.807, 2.05) is 0 Å². The normalized spacial score (nSPS) is 14.1. The molecule has 0 saturated carbocycles. The van der Waals surface area contributed by atoms with Crippen molar-refractivity contribution in [2.75, 3.05) is 0 Å². The van der Waals surface area contributed by atoms with E-state index in [-0.39, 0.29) is 16.8 Å². The van der Waals surface area contributed by atoms with Gasteiger partial charge in [0, 0.05) is 6.42 Å². The Bertz CT molecular complexity index is 314. The molecule has 0 fully saturated rings. The van der Waals surface area contributed by atoms with Crippen LogP contribution in [0.5, 0.6) is 0 Å². The van der Waals surface area contributed by atoms with Gasteiger partial charge >= 0.3 is 0 Å². The third-order valence-corrected chi connectivity index (χ3v) is 3.72. The zero-order valence-electron chi connectivity index (χ0n) is 19.6. The van der Waals surface area contributed by atoms with E-state index in [1.54, 1.807) is 0 Å². The van der Waals surface area contributed by atoms with Crippen LogP contribution in [0.1, 0.15) is 127 Å². The second-order valence-electron chi connectivity index (χ2n) is 10.6. The van der Waals surface area contributed by atoms with Gasteiger partial charge in [0.15, 0.2) is 0 Å². The molecule has 0 aromatic carbocycles. The molecular formula is C23H48O3. The molecule has 0 aliphatic rings. The maximum Gasteiger partial charge on any atom is 0.284 e. The van der Waals surface area contributed by atoms with E-state index < -0.39 is 5.97 Å². The van der Waals surface area contributed by atoms with Crippen molar-refractivity contribution >= 4 is 0 Å². The highest BCUT2D eigenvalue weighted by molar-refractivity contribution is 4.75. The maximum absolute atomic E-state index is 6.39. The topological polar surface area (TPSA) is 27.7 Å². The van der Waals surface area contributed by atoms with Crippen LogP contribution in [0.3, 0.4) is 0 Å². The third kappa shape index (κ3) is 15.0. The van der Waals surface area contributed by atoms with Crippen LogP contribution < -0.4 is 0 Å². The zero-order chi connectivity index (χ0) is 20.5. The fourth-order valence-corrected chi connectivity index (χ4v) is 3.09. The lowest BCUT2D eigenvalue weighted by atomic mass is 10.1. The monoisotopic (exact) mass is 372 g/mol. The summed E-state index contributed by atoms with van der Waals surface area (Å²) in [5.74, 6) is -1.00. The highest BCUT2D eigenvalue weighted by Gasteiger charge is 2.43. The van der Waals surface area contributed by atoms with Crippen LogP contribution in [0.2, 0.25) is 0 Å². The standard InChI is InChI=1S/C23H48O3/c1-11-12-13-14-15-16-17-18-19-23(24-20(2,3)4,25-21(5,6)7)26-22(8,9)10/h11-19H2,1-10H3. The van der Waals surface area contributed by atoms with Crippen LogP contribution >= 0.6 is 0 Å². The summed E-state index contributed by atoms with van der Waals surface area (Å²) < 4.78 is 19.2. The summed E-state index contributed by atoms with van der Waals surface area (Å²) in [7, 11) is 0. The van der Waals surface area contributed by atoms with Crippen molar-refractivity contribution in [1.29, 1.82) is 0 Å². The first-order valence-electron chi connectivity index (χ1n) is 10.8. The molecule has 158 valence electrons. The van der Waals surface area contributed by atoms with E-state index in [0.29, 0.717) is 0 Å². The molecule has 0 unspecified atom stereocenters. The van der Waals surface area contributed by atoms with Crippen molar-refractivity contribution in [2.45, 2.75) is 150 Å². The summed E-state index contributed by atoms with van der Waals surface area (Å²) in [6.07, 6.45) is 11.0. The van der Waals surface area contributed by atoms with E-state index in [9.17, 15) is 0 Å². The van der Waals surface area contributed by atoms with Crippen molar-refractivity contribution in [3.63, 3.8) is 0 Å². The minimum Gasteiger partial charge on any atom is -0.322 e. The Kier molecular flexibility index (Phi) is 11.0. The van der Waals surface area contributed by atoms with Gasteiger partial charge < -0.3 is 14.2 Å². The lowest BCUT2D eigenvalue weighted by Gasteiger charge is -2.45. The van der Waals surface area contributed by atoms with Gasteiger partial charge in [0.25, 0.3) is 5.97 Å². The van der Waals surface area contributed by atoms with Crippen LogP contribution in [-0.4, -0.2) is 22.8 Å². The number of hydrogen-bond donors (Lipinski definition) is 0. The SMILES string of the molecule is CCCCCCCCCCC(OC(C)(C)C)(OC(C)(C)C)OC(C)(C)C. The number of rotatable bonds is 12. The molecule has 0 heterocycles. The summed E-state index contributed by atoms with van der Waals surface area (Å²) in [5, 5.41) is 0. The van der Waals surface area contributed by atoms with E-state index in [2.05, 4.69) is 69.2 Å². The van der Waals surface area contributed by atoms with Crippen LogP contribution in [-0.2, 0) is 14.2 Å². The Hall–Kier alpha value is -0.120. The van der Waals surface area contributed by atoms with Crippen molar-refractivity contribution < 1.29 is 14.2 Å². The van der Waals surface area contributed by atoms with Crippen LogP contribution in [0.4, 0.5) is 0 Å². The third-order valence-electron chi connectivity index (χ3n) is 3.72. The summed E-state index contributed by atoms with van der Waals surface area (Å²) in [6, 6.07) is 0. The van der Waals surface area contributed by atoms with Crippen molar-refractivity contribution in [3.05, 3.63) is 0 Å². The van der Waals surface area contributed by atoms with E-state index in [0.717, 1.165) is 12.8 Å². The largest absolute Gasteiger partial charge is 0.322 e. The summed E-state index contributed by atoms with van der Waals surface area (Å²) in [6.45, 7) is 20.8. The Morgan fingerprint density at radius 3 is 1.08 bits per heavy atom. The fourth-order valence-electron chi connectivity index (χ4n) is 3.09. The van der Waals surface area contributed by atoms with Gasteiger partial charge in [-0.25, -0.2) is 0 Å². The Morgan fingerprint density at radius 2 is 0.769 bits per heavy atom. The average molecular weight is 373 g/mol. The fraction of sp³-hybridized carbons (Fsp3) is 1.00. The minimum atomic E-state index is -1.00. The summed E-state index contributed by atoms with van der Waals surface area (Å²) >= 11 is 0. The smallest absolute Gasteiger partial charge is 0.284 e. The lowest BCUT2D eigenvalue weighted by Crippen LogP contribution is -2.52. The Labute approximate surface area is 164 Å². The Morgan fingerprint density at radius 1 is 0.462 bits per heavy atom. The molecule has 0 bridgehead atoms. The van der Waals surface area contributed by atoms with Gasteiger partial charge in [-0.3, -0.25) is 0 Å². The molecule has 0 rings (SSSR count). The summed E-state index contributed by atoms with van der Waals surface area (Å²) in [5.41, 5.74) is -1.01. The highest BCUT2D eigenvalue weighted by atomic mass is 16.9. The van der Waals surface area contributed by atoms with Gasteiger partial charge in [-0.15, -0.1) is 0 Å². The van der Waals surface area contributed by atoms with Crippen molar-refractivity contribution in [1.82, 2.24) is 0 Å². The lowest BCUT2D eigenvalue weighted by molar-refractivity contribution is -0.449. The molecule has 0 aliphatic carbocycles. The van der Waals surface area contributed by atoms with Crippen LogP contribution in [0, 0.1) is 0 Å². The van der Waals surface area contributed by atoms with Crippen molar-refractivity contribution in [3.8, 4) is 0 Å². The predicted molar refractivity (Wildman–Crippen MR) is 112 cm³/mol. The summed E-state index contributed by atoms with van der Waals surface area (Å²) in [4.78, 5) is 0. The molecule has 0 aliphatic heterocycles. The molecule has 0 aromatic heterocycles. The van der Waals surface area contributed by atoms with Gasteiger partial charge in [-0.2, -0.15) is 0 Å². The predicted octanol–water partition coefficient (Wildman–Crippen LogP) is 7.62. The molecule has 0 atom stereocenters. The molecule has 0 saturated heterocycles. The van der Waals surface area contributed by atoms with E-state index >= 15 is 0 Å². The molecule has 26 heavy (non-hydrogen) atoms. The maximum atomic E-state index is 6.39. The zero-order valence-corrected chi connectivity index (χ0v) is 19.6. The van der Waals surface area contributed by atoms with Gasteiger partial charge in [-0.05, 0) is 68.7 Å². The molecule has 0 radical (unpaired) electrons. The molecule has 3 heteroatoms. The first-order valence-corrected chi connectivity index (χ1v) is 10.8. The molecular weight excluding hydrogens is 324 g/mol. The molecule has 0 aromatic rings. The highest BCUT2D eigenvalue weighted by Crippen LogP contribution is 2.36.